The zero-order valence-electron chi connectivity index (χ0n) is 12.9. The van der Waals surface area contributed by atoms with E-state index >= 15 is 0 Å². The molecule has 2 aromatic heterocycles. The maximum atomic E-state index is 12.1. The molecule has 7 heteroatoms. The van der Waals surface area contributed by atoms with Crippen molar-refractivity contribution in [2.24, 2.45) is 0 Å². The molecule has 23 heavy (non-hydrogen) atoms. The van der Waals surface area contributed by atoms with Crippen molar-refractivity contribution in [3.05, 3.63) is 51.3 Å². The topological polar surface area (TPSA) is 67.2 Å². The van der Waals surface area contributed by atoms with Crippen LogP contribution in [0.25, 0.3) is 0 Å². The summed E-state index contributed by atoms with van der Waals surface area (Å²) in [5.74, 6) is -0.136. The molecule has 1 aliphatic heterocycles. The van der Waals surface area contributed by atoms with Crippen LogP contribution in [0.1, 0.15) is 17.7 Å². The third-order valence-electron chi connectivity index (χ3n) is 3.93. The molecule has 1 atom stereocenters. The Balaban J connectivity index is 1.52. The van der Waals surface area contributed by atoms with E-state index < -0.39 is 5.69 Å². The van der Waals surface area contributed by atoms with Crippen LogP contribution in [-0.4, -0.2) is 39.5 Å². The minimum atomic E-state index is -0.398. The molecular formula is C16H20N4O2S. The van der Waals surface area contributed by atoms with Gasteiger partial charge in [0, 0.05) is 36.4 Å². The predicted molar refractivity (Wildman–Crippen MR) is 89.3 cm³/mol. The van der Waals surface area contributed by atoms with Crippen molar-refractivity contribution in [1.29, 1.82) is 0 Å². The molecule has 1 saturated heterocycles. The molecule has 0 saturated carbocycles. The van der Waals surface area contributed by atoms with Gasteiger partial charge in [-0.2, -0.15) is 0 Å². The van der Waals surface area contributed by atoms with Crippen LogP contribution in [0.2, 0.25) is 0 Å². The first kappa shape index (κ1) is 15.9. The highest BCUT2D eigenvalue weighted by Gasteiger charge is 2.21. The summed E-state index contributed by atoms with van der Waals surface area (Å²) in [6.07, 6.45) is 5.07. The quantitative estimate of drug-likeness (QED) is 0.890. The molecule has 1 aliphatic rings. The van der Waals surface area contributed by atoms with E-state index in [1.165, 1.54) is 15.6 Å². The van der Waals surface area contributed by atoms with E-state index in [4.69, 9.17) is 0 Å². The number of rotatable bonds is 5. The highest BCUT2D eigenvalue weighted by molar-refractivity contribution is 7.09. The molecule has 2 aromatic rings. The molecule has 0 aliphatic carbocycles. The lowest BCUT2D eigenvalue weighted by Gasteiger charge is -2.32. The minimum Gasteiger partial charge on any atom is -0.351 e. The smallest absolute Gasteiger partial charge is 0.347 e. The van der Waals surface area contributed by atoms with Gasteiger partial charge in [-0.25, -0.2) is 9.78 Å². The van der Waals surface area contributed by atoms with Gasteiger partial charge in [0.15, 0.2) is 0 Å². The molecule has 6 nitrogen and oxygen atoms in total. The van der Waals surface area contributed by atoms with Gasteiger partial charge in [-0.3, -0.25) is 14.3 Å². The minimum absolute atomic E-state index is 0.0219. The number of nitrogens with one attached hydrogen (secondary N) is 1. The van der Waals surface area contributed by atoms with Gasteiger partial charge in [0.1, 0.15) is 6.54 Å². The van der Waals surface area contributed by atoms with Crippen LogP contribution in [0.5, 0.6) is 0 Å². The highest BCUT2D eigenvalue weighted by Crippen LogP contribution is 2.16. The molecule has 1 amide bonds. The number of likely N-dealkylation sites (tertiary alicyclic amines) is 1. The van der Waals surface area contributed by atoms with E-state index in [9.17, 15) is 9.59 Å². The lowest BCUT2D eigenvalue weighted by Crippen LogP contribution is -2.48. The highest BCUT2D eigenvalue weighted by atomic mass is 32.1. The van der Waals surface area contributed by atoms with Crippen LogP contribution >= 0.6 is 11.3 Å². The van der Waals surface area contributed by atoms with Crippen molar-refractivity contribution >= 4 is 17.2 Å². The monoisotopic (exact) mass is 332 g/mol. The summed E-state index contributed by atoms with van der Waals surface area (Å²) in [4.78, 5) is 31.1. The van der Waals surface area contributed by atoms with Gasteiger partial charge in [0.25, 0.3) is 0 Å². The summed E-state index contributed by atoms with van der Waals surface area (Å²) in [7, 11) is 0. The van der Waals surface area contributed by atoms with Gasteiger partial charge in [-0.1, -0.05) is 6.07 Å². The molecule has 3 heterocycles. The average molecular weight is 332 g/mol. The summed E-state index contributed by atoms with van der Waals surface area (Å²) < 4.78 is 1.32. The standard InChI is InChI=1S/C16H20N4O2S/c21-15(12-20-8-3-6-17-16(20)22)18-13-4-1-7-19(10-13)11-14-5-2-9-23-14/h2-3,5-6,8-9,13H,1,4,7,10-12H2,(H,18,21)/t13-/m0/s1. The van der Waals surface area contributed by atoms with E-state index in [1.807, 2.05) is 0 Å². The lowest BCUT2D eigenvalue weighted by molar-refractivity contribution is -0.122. The van der Waals surface area contributed by atoms with Crippen molar-refractivity contribution in [3.8, 4) is 0 Å². The van der Waals surface area contributed by atoms with E-state index in [0.717, 1.165) is 32.5 Å². The first-order valence-electron chi connectivity index (χ1n) is 7.76. The van der Waals surface area contributed by atoms with E-state index in [0.29, 0.717) is 0 Å². The lowest BCUT2D eigenvalue weighted by atomic mass is 10.1. The number of amides is 1. The Labute approximate surface area is 138 Å². The van der Waals surface area contributed by atoms with Crippen molar-refractivity contribution in [1.82, 2.24) is 19.8 Å². The summed E-state index contributed by atoms with van der Waals surface area (Å²) in [6.45, 7) is 2.87. The molecule has 3 rings (SSSR count). The van der Waals surface area contributed by atoms with Crippen molar-refractivity contribution in [2.75, 3.05) is 13.1 Å². The predicted octanol–water partition coefficient (Wildman–Crippen LogP) is 1.09. The third kappa shape index (κ3) is 4.49. The number of thiophene rings is 1. The Morgan fingerprint density at radius 2 is 2.35 bits per heavy atom. The van der Waals surface area contributed by atoms with Crippen LogP contribution in [-0.2, 0) is 17.9 Å². The number of carbonyl (C=O) groups is 1. The normalized spacial score (nSPS) is 18.7. The summed E-state index contributed by atoms with van der Waals surface area (Å²) in [6, 6.07) is 6.00. The van der Waals surface area contributed by atoms with Gasteiger partial charge in [-0.05, 0) is 36.9 Å². The first-order chi connectivity index (χ1) is 11.2. The molecule has 0 aromatic carbocycles. The number of carbonyl (C=O) groups excluding carboxylic acids is 1. The van der Waals surface area contributed by atoms with Gasteiger partial charge in [0.2, 0.25) is 5.91 Å². The average Bonchev–Trinajstić information content (AvgIpc) is 3.03. The van der Waals surface area contributed by atoms with Crippen LogP contribution in [0, 0.1) is 0 Å². The largest absolute Gasteiger partial charge is 0.351 e. The number of hydrogen-bond donors (Lipinski definition) is 1. The number of piperidine rings is 1. The van der Waals surface area contributed by atoms with Crippen LogP contribution < -0.4 is 11.0 Å². The molecular weight excluding hydrogens is 312 g/mol. The fraction of sp³-hybridized carbons (Fsp3) is 0.438. The van der Waals surface area contributed by atoms with Crippen molar-refractivity contribution < 1.29 is 4.79 Å². The molecule has 0 unspecified atom stereocenters. The second-order valence-electron chi connectivity index (χ2n) is 5.75. The summed E-state index contributed by atoms with van der Waals surface area (Å²) >= 11 is 1.76. The van der Waals surface area contributed by atoms with E-state index in [2.05, 4.69) is 32.7 Å². The number of nitrogens with zero attached hydrogens (tertiary/aromatic N) is 3. The molecule has 1 N–H and O–H groups in total. The third-order valence-corrected chi connectivity index (χ3v) is 4.79. The van der Waals surface area contributed by atoms with Crippen molar-refractivity contribution in [3.63, 3.8) is 0 Å². The molecule has 0 bridgehead atoms. The Morgan fingerprint density at radius 3 is 3.13 bits per heavy atom. The van der Waals surface area contributed by atoms with Gasteiger partial charge >= 0.3 is 5.69 Å². The van der Waals surface area contributed by atoms with Crippen molar-refractivity contribution in [2.45, 2.75) is 32.0 Å². The molecule has 122 valence electrons. The Kier molecular flexibility index (Phi) is 5.19. The number of hydrogen-bond acceptors (Lipinski definition) is 5. The molecule has 0 spiro atoms. The van der Waals surface area contributed by atoms with Gasteiger partial charge in [-0.15, -0.1) is 11.3 Å². The number of aromatic nitrogens is 2. The fourth-order valence-electron chi connectivity index (χ4n) is 2.88. The van der Waals surface area contributed by atoms with Gasteiger partial charge < -0.3 is 5.32 Å². The SMILES string of the molecule is O=C(Cn1cccnc1=O)N[C@H]1CCCN(Cc2cccs2)C1. The Bertz CT molecular complexity index is 698. The zero-order valence-corrected chi connectivity index (χ0v) is 13.7. The van der Waals surface area contributed by atoms with Crippen LogP contribution in [0.15, 0.2) is 40.8 Å². The van der Waals surface area contributed by atoms with E-state index in [1.54, 1.807) is 23.6 Å². The molecule has 0 radical (unpaired) electrons. The maximum absolute atomic E-state index is 12.1. The van der Waals surface area contributed by atoms with E-state index in [-0.39, 0.29) is 18.5 Å². The Morgan fingerprint density at radius 1 is 1.43 bits per heavy atom. The Hall–Kier alpha value is -1.99. The zero-order chi connectivity index (χ0) is 16.1. The van der Waals surface area contributed by atoms with Gasteiger partial charge in [0.05, 0.1) is 0 Å². The first-order valence-corrected chi connectivity index (χ1v) is 8.64. The van der Waals surface area contributed by atoms with Crippen LogP contribution in [0.4, 0.5) is 0 Å². The fourth-order valence-corrected chi connectivity index (χ4v) is 3.62. The summed E-state index contributed by atoms with van der Waals surface area (Å²) in [5, 5.41) is 5.13. The molecule has 1 fully saturated rings. The second kappa shape index (κ2) is 7.52. The van der Waals surface area contributed by atoms with Crippen LogP contribution in [0.3, 0.4) is 0 Å². The maximum Gasteiger partial charge on any atom is 0.347 e. The second-order valence-corrected chi connectivity index (χ2v) is 6.78. The summed E-state index contributed by atoms with van der Waals surface area (Å²) in [5.41, 5.74) is -0.398.